The van der Waals surface area contributed by atoms with Crippen molar-refractivity contribution in [2.75, 3.05) is 19.8 Å². The third-order valence-electron chi connectivity index (χ3n) is 3.80. The van der Waals surface area contributed by atoms with Gasteiger partial charge in [-0.05, 0) is 36.6 Å². The van der Waals surface area contributed by atoms with Crippen LogP contribution in [0.5, 0.6) is 5.75 Å². The Bertz CT molecular complexity index is 718. The number of esters is 1. The Balaban J connectivity index is 1.99. The molecule has 0 saturated carbocycles. The number of nitrogens with zero attached hydrogens (tertiary/aromatic N) is 1. The number of hydrogen-bond donors (Lipinski definition) is 0. The lowest BCUT2D eigenvalue weighted by atomic mass is 10.2. The lowest BCUT2D eigenvalue weighted by Gasteiger charge is -2.13. The summed E-state index contributed by atoms with van der Waals surface area (Å²) in [7, 11) is 0. The van der Waals surface area contributed by atoms with Crippen molar-refractivity contribution in [1.29, 1.82) is 0 Å². The second kappa shape index (κ2) is 11.1. The molecule has 146 valence electrons. The molecular formula is C20H25NO4S2. The van der Waals surface area contributed by atoms with Crippen molar-refractivity contribution in [3.05, 3.63) is 34.7 Å². The molecule has 5 nitrogen and oxygen atoms in total. The SMILES string of the molecule is CCCCOc1cccc(/C=C2/SC(=S)N(CCC(=O)OCCC)C2=O)c1. The summed E-state index contributed by atoms with van der Waals surface area (Å²) in [5.41, 5.74) is 0.881. The van der Waals surface area contributed by atoms with Crippen molar-refractivity contribution in [1.82, 2.24) is 4.90 Å². The summed E-state index contributed by atoms with van der Waals surface area (Å²) in [5.74, 6) is 0.295. The van der Waals surface area contributed by atoms with E-state index in [9.17, 15) is 9.59 Å². The smallest absolute Gasteiger partial charge is 0.307 e. The highest BCUT2D eigenvalue weighted by molar-refractivity contribution is 8.26. The second-order valence-electron chi connectivity index (χ2n) is 6.08. The van der Waals surface area contributed by atoms with Crippen molar-refractivity contribution in [2.45, 2.75) is 39.5 Å². The Hall–Kier alpha value is -1.86. The molecule has 1 aliphatic heterocycles. The first-order chi connectivity index (χ1) is 13.0. The Labute approximate surface area is 170 Å². The van der Waals surface area contributed by atoms with E-state index in [1.165, 1.54) is 16.7 Å². The molecule has 0 atom stereocenters. The van der Waals surface area contributed by atoms with Gasteiger partial charge in [0.2, 0.25) is 0 Å². The van der Waals surface area contributed by atoms with E-state index in [1.807, 2.05) is 31.2 Å². The number of carbonyl (C=O) groups is 2. The molecule has 1 saturated heterocycles. The zero-order valence-electron chi connectivity index (χ0n) is 15.7. The molecule has 1 aromatic carbocycles. The van der Waals surface area contributed by atoms with Crippen LogP contribution < -0.4 is 4.74 Å². The molecule has 0 aliphatic carbocycles. The van der Waals surface area contributed by atoms with Crippen LogP contribution in [-0.4, -0.2) is 40.9 Å². The van der Waals surface area contributed by atoms with Gasteiger partial charge in [-0.2, -0.15) is 0 Å². The lowest BCUT2D eigenvalue weighted by molar-refractivity contribution is -0.143. The number of unbranched alkanes of at least 4 members (excludes halogenated alkanes) is 1. The summed E-state index contributed by atoms with van der Waals surface area (Å²) < 4.78 is 11.2. The van der Waals surface area contributed by atoms with E-state index in [4.69, 9.17) is 21.7 Å². The van der Waals surface area contributed by atoms with Gasteiger partial charge in [-0.25, -0.2) is 0 Å². The first-order valence-corrected chi connectivity index (χ1v) is 10.4. The fourth-order valence-electron chi connectivity index (χ4n) is 2.36. The third-order valence-corrected chi connectivity index (χ3v) is 5.18. The molecule has 1 aromatic rings. The van der Waals surface area contributed by atoms with Crippen LogP contribution in [0.1, 0.15) is 45.1 Å². The van der Waals surface area contributed by atoms with E-state index in [1.54, 1.807) is 6.08 Å². The van der Waals surface area contributed by atoms with Gasteiger partial charge in [-0.3, -0.25) is 14.5 Å². The van der Waals surface area contributed by atoms with E-state index in [2.05, 4.69) is 6.92 Å². The molecule has 27 heavy (non-hydrogen) atoms. The Morgan fingerprint density at radius 2 is 2.07 bits per heavy atom. The predicted molar refractivity (Wildman–Crippen MR) is 113 cm³/mol. The third kappa shape index (κ3) is 6.66. The summed E-state index contributed by atoms with van der Waals surface area (Å²) in [4.78, 5) is 26.3. The number of thioether (sulfide) groups is 1. The Morgan fingerprint density at radius 3 is 2.81 bits per heavy atom. The normalized spacial score (nSPS) is 15.5. The lowest BCUT2D eigenvalue weighted by Crippen LogP contribution is -2.30. The van der Waals surface area contributed by atoms with Crippen molar-refractivity contribution in [3.63, 3.8) is 0 Å². The van der Waals surface area contributed by atoms with Crippen LogP contribution in [0.4, 0.5) is 0 Å². The average Bonchev–Trinajstić information content (AvgIpc) is 2.92. The van der Waals surface area contributed by atoms with Crippen LogP contribution in [-0.2, 0) is 14.3 Å². The monoisotopic (exact) mass is 407 g/mol. The van der Waals surface area contributed by atoms with E-state index in [0.717, 1.165) is 30.6 Å². The zero-order chi connectivity index (χ0) is 19.6. The van der Waals surface area contributed by atoms with Crippen LogP contribution in [0.15, 0.2) is 29.2 Å². The summed E-state index contributed by atoms with van der Waals surface area (Å²) in [6.07, 6.45) is 4.80. The van der Waals surface area contributed by atoms with Gasteiger partial charge in [0.1, 0.15) is 10.1 Å². The van der Waals surface area contributed by atoms with Gasteiger partial charge < -0.3 is 9.47 Å². The maximum Gasteiger partial charge on any atom is 0.307 e. The number of benzene rings is 1. The molecule has 0 bridgehead atoms. The number of thiocarbonyl (C=S) groups is 1. The van der Waals surface area contributed by atoms with E-state index < -0.39 is 0 Å². The molecule has 1 heterocycles. The minimum absolute atomic E-state index is 0.139. The molecule has 0 aromatic heterocycles. The van der Waals surface area contributed by atoms with Crippen molar-refractivity contribution >= 4 is 46.3 Å². The molecule has 1 amide bonds. The molecule has 1 fully saturated rings. The van der Waals surface area contributed by atoms with Crippen molar-refractivity contribution in [2.24, 2.45) is 0 Å². The molecule has 0 spiro atoms. The molecular weight excluding hydrogens is 382 g/mol. The fraction of sp³-hybridized carbons (Fsp3) is 0.450. The highest BCUT2D eigenvalue weighted by Gasteiger charge is 2.32. The van der Waals surface area contributed by atoms with Gasteiger partial charge in [0.05, 0.1) is 24.5 Å². The summed E-state index contributed by atoms with van der Waals surface area (Å²) >= 11 is 6.55. The number of carbonyl (C=O) groups excluding carboxylic acids is 2. The van der Waals surface area contributed by atoms with Gasteiger partial charge in [-0.15, -0.1) is 0 Å². The van der Waals surface area contributed by atoms with Gasteiger partial charge in [0, 0.05) is 6.54 Å². The molecule has 0 radical (unpaired) electrons. The average molecular weight is 408 g/mol. The van der Waals surface area contributed by atoms with Gasteiger partial charge in [0.15, 0.2) is 0 Å². The van der Waals surface area contributed by atoms with E-state index in [0.29, 0.717) is 22.4 Å². The van der Waals surface area contributed by atoms with E-state index >= 15 is 0 Å². The molecule has 0 unspecified atom stereocenters. The first kappa shape index (κ1) is 21.4. The maximum absolute atomic E-state index is 12.6. The van der Waals surface area contributed by atoms with Crippen LogP contribution in [0.2, 0.25) is 0 Å². The number of ether oxygens (including phenoxy) is 2. The molecule has 2 rings (SSSR count). The molecule has 1 aliphatic rings. The highest BCUT2D eigenvalue weighted by atomic mass is 32.2. The minimum atomic E-state index is -0.313. The minimum Gasteiger partial charge on any atom is -0.494 e. The van der Waals surface area contributed by atoms with Crippen LogP contribution in [0.3, 0.4) is 0 Å². The van der Waals surface area contributed by atoms with Gasteiger partial charge in [0.25, 0.3) is 5.91 Å². The zero-order valence-corrected chi connectivity index (χ0v) is 17.4. The number of hydrogen-bond acceptors (Lipinski definition) is 6. The summed E-state index contributed by atoms with van der Waals surface area (Å²) in [6.45, 7) is 5.37. The van der Waals surface area contributed by atoms with Crippen LogP contribution in [0, 0.1) is 0 Å². The Kier molecular flexibility index (Phi) is 8.81. The standard InChI is InChI=1S/C20H25NO4S2/c1-3-5-12-24-16-8-6-7-15(13-16)14-17-19(23)21(20(26)27-17)10-9-18(22)25-11-4-2/h6-8,13-14H,3-5,9-12H2,1-2H3/b17-14+. The van der Waals surface area contributed by atoms with Crippen molar-refractivity contribution in [3.8, 4) is 5.75 Å². The largest absolute Gasteiger partial charge is 0.494 e. The molecule has 0 N–H and O–H groups in total. The van der Waals surface area contributed by atoms with Crippen LogP contribution in [0.25, 0.3) is 6.08 Å². The van der Waals surface area contributed by atoms with E-state index in [-0.39, 0.29) is 24.8 Å². The summed E-state index contributed by atoms with van der Waals surface area (Å²) in [5, 5.41) is 0. The highest BCUT2D eigenvalue weighted by Crippen LogP contribution is 2.33. The molecule has 7 heteroatoms. The summed E-state index contributed by atoms with van der Waals surface area (Å²) in [6, 6.07) is 7.63. The quantitative estimate of drug-likeness (QED) is 0.248. The number of rotatable bonds is 10. The number of amides is 1. The first-order valence-electron chi connectivity index (χ1n) is 9.19. The Morgan fingerprint density at radius 1 is 1.26 bits per heavy atom. The van der Waals surface area contributed by atoms with Crippen molar-refractivity contribution < 1.29 is 19.1 Å². The second-order valence-corrected chi connectivity index (χ2v) is 7.75. The van der Waals surface area contributed by atoms with Gasteiger partial charge >= 0.3 is 5.97 Å². The van der Waals surface area contributed by atoms with Gasteiger partial charge in [-0.1, -0.05) is 56.4 Å². The topological polar surface area (TPSA) is 55.8 Å². The predicted octanol–water partition coefficient (Wildman–Crippen LogP) is 4.41. The van der Waals surface area contributed by atoms with Crippen LogP contribution >= 0.6 is 24.0 Å². The maximum atomic E-state index is 12.6. The fourth-order valence-corrected chi connectivity index (χ4v) is 3.67.